The zero-order valence-electron chi connectivity index (χ0n) is 23.1. The van der Waals surface area contributed by atoms with E-state index in [1.807, 2.05) is 55.2 Å². The van der Waals surface area contributed by atoms with E-state index < -0.39 is 5.91 Å². The molecule has 0 unspecified atom stereocenters. The van der Waals surface area contributed by atoms with Gasteiger partial charge in [-0.1, -0.05) is 42.5 Å². The summed E-state index contributed by atoms with van der Waals surface area (Å²) in [5.74, 6) is -0.193. The number of aryl methyl sites for hydroxylation is 2. The number of nitrogens with zero attached hydrogens (tertiary/aromatic N) is 4. The number of rotatable bonds is 6. The van der Waals surface area contributed by atoms with Crippen molar-refractivity contribution in [3.63, 3.8) is 0 Å². The van der Waals surface area contributed by atoms with Gasteiger partial charge in [0, 0.05) is 60.9 Å². The van der Waals surface area contributed by atoms with Crippen molar-refractivity contribution in [2.75, 3.05) is 50.9 Å². The van der Waals surface area contributed by atoms with E-state index in [-0.39, 0.29) is 0 Å². The van der Waals surface area contributed by atoms with Crippen LogP contribution in [-0.2, 0) is 17.2 Å². The van der Waals surface area contributed by atoms with Gasteiger partial charge in [-0.2, -0.15) is 11.8 Å². The smallest absolute Gasteiger partial charge is 0.253 e. The van der Waals surface area contributed by atoms with E-state index in [4.69, 9.17) is 14.7 Å². The maximum absolute atomic E-state index is 11.1. The molecule has 3 heterocycles. The first-order chi connectivity index (χ1) is 19.4. The highest BCUT2D eigenvalue weighted by atomic mass is 32.2. The van der Waals surface area contributed by atoms with Crippen molar-refractivity contribution >= 4 is 22.8 Å². The van der Waals surface area contributed by atoms with E-state index in [1.165, 1.54) is 11.1 Å². The minimum absolute atomic E-state index is 0.516. The Balaban J connectivity index is 1.31. The number of benzene rings is 3. The van der Waals surface area contributed by atoms with E-state index >= 15 is 0 Å². The molecule has 6 rings (SSSR count). The summed E-state index contributed by atoms with van der Waals surface area (Å²) in [7, 11) is 0. The summed E-state index contributed by atoms with van der Waals surface area (Å²) in [6, 6.07) is 18.4. The molecule has 2 aliphatic rings. The molecule has 4 aromatic rings. The van der Waals surface area contributed by atoms with Gasteiger partial charge in [-0.3, -0.25) is 9.88 Å². The highest BCUT2D eigenvalue weighted by molar-refractivity contribution is 7.99. The number of aromatic nitrogens is 2. The number of aliphatic hydroxyl groups is 2. The van der Waals surface area contributed by atoms with Gasteiger partial charge in [0.25, 0.3) is 5.91 Å². The number of fused-ring (bicyclic) bond motifs is 1. The van der Waals surface area contributed by atoms with E-state index in [0.29, 0.717) is 18.7 Å². The van der Waals surface area contributed by atoms with Crippen LogP contribution in [-0.4, -0.2) is 80.9 Å². The van der Waals surface area contributed by atoms with Gasteiger partial charge in [-0.15, -0.1) is 0 Å². The largest absolute Gasteiger partial charge is 0.379 e. The Morgan fingerprint density at radius 2 is 1.65 bits per heavy atom. The number of morpholine rings is 1. The van der Waals surface area contributed by atoms with Crippen LogP contribution in [0.2, 0.25) is 0 Å². The van der Waals surface area contributed by atoms with Crippen LogP contribution in [0.4, 0.5) is 0 Å². The van der Waals surface area contributed by atoms with Crippen molar-refractivity contribution in [3.8, 4) is 22.4 Å². The van der Waals surface area contributed by atoms with Crippen molar-refractivity contribution in [2.45, 2.75) is 26.3 Å². The maximum Gasteiger partial charge on any atom is 0.253 e. The van der Waals surface area contributed by atoms with Gasteiger partial charge in [-0.25, -0.2) is 9.88 Å². The van der Waals surface area contributed by atoms with Gasteiger partial charge < -0.3 is 14.9 Å². The lowest BCUT2D eigenvalue weighted by atomic mass is 9.96. The fraction of sp³-hybridized carbons (Fsp3) is 0.375. The summed E-state index contributed by atoms with van der Waals surface area (Å²) >= 11 is 1.84. The summed E-state index contributed by atoms with van der Waals surface area (Å²) < 4.78 is 5.49. The zero-order chi connectivity index (χ0) is 27.7. The van der Waals surface area contributed by atoms with Crippen LogP contribution < -0.4 is 0 Å². The normalized spacial score (nSPS) is 17.4. The van der Waals surface area contributed by atoms with Crippen molar-refractivity contribution in [3.05, 3.63) is 83.0 Å². The van der Waals surface area contributed by atoms with E-state index in [9.17, 15) is 10.2 Å². The molecule has 0 atom stereocenters. The molecule has 3 aromatic carbocycles. The van der Waals surface area contributed by atoms with Crippen molar-refractivity contribution in [1.82, 2.24) is 19.8 Å². The van der Waals surface area contributed by atoms with Gasteiger partial charge in [0.2, 0.25) is 0 Å². The SMILES string of the molecule is Cc1cc(-c2cnc3cccc(-c4ccc(C(O)(O)N5CCSCC5)c(C)c4)c3n2)ccc1CN1CCOCC1. The predicted octanol–water partition coefficient (Wildman–Crippen LogP) is 4.56. The Bertz CT molecular complexity index is 1510. The minimum atomic E-state index is -1.98. The Labute approximate surface area is 239 Å². The molecule has 0 radical (unpaired) electrons. The van der Waals surface area contributed by atoms with Crippen LogP contribution in [0, 0.1) is 13.8 Å². The molecule has 1 aromatic heterocycles. The molecule has 40 heavy (non-hydrogen) atoms. The van der Waals surface area contributed by atoms with Crippen LogP contribution in [0.25, 0.3) is 33.4 Å². The van der Waals surface area contributed by atoms with Gasteiger partial charge >= 0.3 is 0 Å². The van der Waals surface area contributed by atoms with Crippen molar-refractivity contribution in [1.29, 1.82) is 0 Å². The van der Waals surface area contributed by atoms with Crippen LogP contribution in [0.1, 0.15) is 22.3 Å². The van der Waals surface area contributed by atoms with Crippen LogP contribution in [0.5, 0.6) is 0 Å². The van der Waals surface area contributed by atoms with E-state index in [1.54, 1.807) is 4.90 Å². The number of hydrogen-bond donors (Lipinski definition) is 2. The summed E-state index contributed by atoms with van der Waals surface area (Å²) in [5, 5.41) is 22.1. The molecule has 2 N–H and O–H groups in total. The Morgan fingerprint density at radius 1 is 0.900 bits per heavy atom. The first kappa shape index (κ1) is 27.3. The molecule has 2 aliphatic heterocycles. The standard InChI is InChI=1S/C32H36N4O3S/c1-22-18-25(6-7-26(22)21-35-10-14-39-15-11-35)30-20-33-29-5-3-4-27(31(29)34-30)24-8-9-28(23(2)19-24)32(37,38)36-12-16-40-17-13-36/h3-9,18-20,37-38H,10-17,21H2,1-2H3. The summed E-state index contributed by atoms with van der Waals surface area (Å²) in [5.41, 5.74) is 9.39. The summed E-state index contributed by atoms with van der Waals surface area (Å²) in [4.78, 5) is 14.0. The van der Waals surface area contributed by atoms with Crippen LogP contribution in [0.15, 0.2) is 60.8 Å². The number of hydrogen-bond acceptors (Lipinski definition) is 8. The molecule has 0 spiro atoms. The predicted molar refractivity (Wildman–Crippen MR) is 161 cm³/mol. The van der Waals surface area contributed by atoms with Crippen LogP contribution in [0.3, 0.4) is 0 Å². The molecule has 0 aliphatic carbocycles. The highest BCUT2D eigenvalue weighted by Crippen LogP contribution is 2.34. The molecular weight excluding hydrogens is 520 g/mol. The second kappa shape index (κ2) is 11.6. The Hall–Kier alpha value is -2.85. The molecule has 7 nitrogen and oxygen atoms in total. The highest BCUT2D eigenvalue weighted by Gasteiger charge is 2.36. The van der Waals surface area contributed by atoms with E-state index in [2.05, 4.69) is 36.1 Å². The van der Waals surface area contributed by atoms with Gasteiger partial charge in [0.15, 0.2) is 0 Å². The Morgan fingerprint density at radius 3 is 2.40 bits per heavy atom. The minimum Gasteiger partial charge on any atom is -0.379 e. The molecule has 8 heteroatoms. The fourth-order valence-electron chi connectivity index (χ4n) is 5.69. The quantitative estimate of drug-likeness (QED) is 0.335. The maximum atomic E-state index is 11.1. The Kier molecular flexibility index (Phi) is 7.90. The second-order valence-electron chi connectivity index (χ2n) is 10.7. The summed E-state index contributed by atoms with van der Waals surface area (Å²) in [6.07, 6.45) is 1.85. The summed E-state index contributed by atoms with van der Waals surface area (Å²) in [6.45, 7) is 9.85. The van der Waals surface area contributed by atoms with Crippen molar-refractivity contribution in [2.24, 2.45) is 0 Å². The monoisotopic (exact) mass is 556 g/mol. The third-order valence-electron chi connectivity index (χ3n) is 8.06. The van der Waals surface area contributed by atoms with Crippen LogP contribution >= 0.6 is 11.8 Å². The number of thioether (sulfide) groups is 1. The molecular formula is C32H36N4O3S. The molecule has 208 valence electrons. The number of ether oxygens (including phenoxy) is 1. The fourth-order valence-corrected chi connectivity index (χ4v) is 6.59. The second-order valence-corrected chi connectivity index (χ2v) is 11.9. The van der Waals surface area contributed by atoms with Crippen molar-refractivity contribution < 1.29 is 14.9 Å². The number of para-hydroxylation sites is 1. The first-order valence-corrected chi connectivity index (χ1v) is 15.1. The third kappa shape index (κ3) is 5.52. The average molecular weight is 557 g/mol. The third-order valence-corrected chi connectivity index (χ3v) is 9.00. The topological polar surface area (TPSA) is 82.0 Å². The molecule has 0 saturated carbocycles. The first-order valence-electron chi connectivity index (χ1n) is 13.9. The zero-order valence-corrected chi connectivity index (χ0v) is 24.0. The van der Waals surface area contributed by atoms with Gasteiger partial charge in [0.1, 0.15) is 0 Å². The lowest BCUT2D eigenvalue weighted by Crippen LogP contribution is -2.50. The van der Waals surface area contributed by atoms with Gasteiger partial charge in [-0.05, 0) is 48.2 Å². The average Bonchev–Trinajstić information content (AvgIpc) is 2.98. The molecule has 2 saturated heterocycles. The lowest BCUT2D eigenvalue weighted by molar-refractivity contribution is -0.273. The van der Waals surface area contributed by atoms with E-state index in [0.717, 1.165) is 83.3 Å². The molecule has 0 amide bonds. The molecule has 2 fully saturated rings. The lowest BCUT2D eigenvalue weighted by Gasteiger charge is -2.38. The van der Waals surface area contributed by atoms with Gasteiger partial charge in [0.05, 0.1) is 36.1 Å². The molecule has 0 bridgehead atoms.